The van der Waals surface area contributed by atoms with Crippen LogP contribution >= 0.6 is 23.2 Å². The third-order valence-electron chi connectivity index (χ3n) is 7.23. The number of morpholine rings is 1. The van der Waals surface area contributed by atoms with E-state index < -0.39 is 0 Å². The van der Waals surface area contributed by atoms with Crippen LogP contribution in [0.3, 0.4) is 0 Å². The zero-order chi connectivity index (χ0) is 26.8. The number of nitrogens with one attached hydrogen (secondary N) is 1. The van der Waals surface area contributed by atoms with Crippen molar-refractivity contribution in [2.45, 2.75) is 0 Å². The average molecular weight is 566 g/mol. The highest BCUT2D eigenvalue weighted by molar-refractivity contribution is 6.38. The number of hydrogen-bond acceptors (Lipinski definition) is 7. The van der Waals surface area contributed by atoms with Gasteiger partial charge in [0.15, 0.2) is 0 Å². The lowest BCUT2D eigenvalue weighted by Gasteiger charge is -2.36. The number of ether oxygens (including phenoxy) is 1. The maximum absolute atomic E-state index is 13.2. The van der Waals surface area contributed by atoms with Crippen LogP contribution < -0.4 is 15.1 Å². The summed E-state index contributed by atoms with van der Waals surface area (Å²) in [6.45, 7) is 5.89. The SMILES string of the molecule is O=C(CNc1c(-c2ccc(N3CCOCC3)cc2)nc2ccccn12)N1CCN(c2c(Cl)cncc2Cl)CC1. The van der Waals surface area contributed by atoms with Gasteiger partial charge in [-0.3, -0.25) is 14.2 Å². The van der Waals surface area contributed by atoms with Crippen LogP contribution in [0, 0.1) is 0 Å². The van der Waals surface area contributed by atoms with E-state index in [1.807, 2.05) is 33.7 Å². The lowest BCUT2D eigenvalue weighted by molar-refractivity contribution is -0.129. The smallest absolute Gasteiger partial charge is 0.242 e. The van der Waals surface area contributed by atoms with Crippen molar-refractivity contribution in [2.75, 3.05) is 74.1 Å². The predicted molar refractivity (Wildman–Crippen MR) is 155 cm³/mol. The van der Waals surface area contributed by atoms with Gasteiger partial charge in [-0.15, -0.1) is 0 Å². The largest absolute Gasteiger partial charge is 0.378 e. The standard InChI is InChI=1S/C28H29Cl2N7O2/c29-22-17-31-18-23(30)27(22)36-11-9-35(10-12-36)25(38)19-32-28-26(33-24-3-1-2-8-37(24)28)20-4-6-21(7-5-20)34-13-15-39-16-14-34/h1-8,17-18,32H,9-16,19H2. The summed E-state index contributed by atoms with van der Waals surface area (Å²) >= 11 is 12.7. The number of aromatic nitrogens is 3. The first-order chi connectivity index (χ1) is 19.1. The molecule has 2 fully saturated rings. The Morgan fingerprint density at radius 2 is 1.62 bits per heavy atom. The number of pyridine rings is 2. The molecule has 1 N–H and O–H groups in total. The predicted octanol–water partition coefficient (Wildman–Crippen LogP) is 4.30. The third-order valence-corrected chi connectivity index (χ3v) is 7.78. The molecule has 0 atom stereocenters. The molecule has 0 aliphatic carbocycles. The van der Waals surface area contributed by atoms with Crippen molar-refractivity contribution < 1.29 is 9.53 Å². The molecule has 2 aliphatic heterocycles. The Morgan fingerprint density at radius 3 is 2.33 bits per heavy atom. The first kappa shape index (κ1) is 25.7. The number of amides is 1. The monoisotopic (exact) mass is 565 g/mol. The molecule has 4 aromatic rings. The van der Waals surface area contributed by atoms with E-state index in [1.165, 1.54) is 5.69 Å². The minimum Gasteiger partial charge on any atom is -0.378 e. The van der Waals surface area contributed by atoms with Gasteiger partial charge in [-0.2, -0.15) is 0 Å². The summed E-state index contributed by atoms with van der Waals surface area (Å²) in [6.07, 6.45) is 5.14. The molecular formula is C28H29Cl2N7O2. The van der Waals surface area contributed by atoms with Gasteiger partial charge < -0.3 is 24.8 Å². The molecule has 0 spiro atoms. The maximum atomic E-state index is 13.2. The summed E-state index contributed by atoms with van der Waals surface area (Å²) in [5.74, 6) is 0.827. The lowest BCUT2D eigenvalue weighted by atomic mass is 10.1. The van der Waals surface area contributed by atoms with Crippen molar-refractivity contribution in [3.8, 4) is 11.3 Å². The lowest BCUT2D eigenvalue weighted by Crippen LogP contribution is -2.50. The van der Waals surface area contributed by atoms with Crippen LogP contribution in [-0.2, 0) is 9.53 Å². The zero-order valence-corrected chi connectivity index (χ0v) is 22.9. The highest BCUT2D eigenvalue weighted by Crippen LogP contribution is 2.33. The Morgan fingerprint density at radius 1 is 0.897 bits per heavy atom. The first-order valence-corrected chi connectivity index (χ1v) is 13.8. The molecule has 202 valence electrons. The molecule has 0 saturated carbocycles. The Hall–Kier alpha value is -3.53. The van der Waals surface area contributed by atoms with E-state index in [9.17, 15) is 4.79 Å². The van der Waals surface area contributed by atoms with Crippen LogP contribution in [0.15, 0.2) is 61.1 Å². The molecule has 0 radical (unpaired) electrons. The summed E-state index contributed by atoms with van der Waals surface area (Å²) in [5.41, 5.74) is 4.57. The summed E-state index contributed by atoms with van der Waals surface area (Å²) in [7, 11) is 0. The van der Waals surface area contributed by atoms with Crippen molar-refractivity contribution in [3.05, 3.63) is 71.1 Å². The quantitative estimate of drug-likeness (QED) is 0.373. The molecule has 9 nitrogen and oxygen atoms in total. The van der Waals surface area contributed by atoms with E-state index in [0.717, 1.165) is 54.7 Å². The number of anilines is 3. The molecule has 2 aliphatic rings. The van der Waals surface area contributed by atoms with Gasteiger partial charge in [0.05, 0.1) is 35.5 Å². The van der Waals surface area contributed by atoms with Gasteiger partial charge in [-0.05, 0) is 24.3 Å². The van der Waals surface area contributed by atoms with E-state index in [2.05, 4.69) is 44.4 Å². The number of benzene rings is 1. The minimum atomic E-state index is 0.0288. The molecule has 11 heteroatoms. The molecule has 0 unspecified atom stereocenters. The number of halogens is 2. The van der Waals surface area contributed by atoms with Crippen LogP contribution in [0.5, 0.6) is 0 Å². The molecule has 39 heavy (non-hydrogen) atoms. The van der Waals surface area contributed by atoms with E-state index in [-0.39, 0.29) is 12.5 Å². The van der Waals surface area contributed by atoms with Crippen LogP contribution in [0.1, 0.15) is 0 Å². The number of piperazine rings is 1. The Labute approximate surface area is 236 Å². The van der Waals surface area contributed by atoms with Crippen molar-refractivity contribution in [1.82, 2.24) is 19.3 Å². The van der Waals surface area contributed by atoms with E-state index in [0.29, 0.717) is 36.2 Å². The fourth-order valence-corrected chi connectivity index (χ4v) is 5.78. The van der Waals surface area contributed by atoms with Gasteiger partial charge in [-0.25, -0.2) is 4.98 Å². The molecule has 0 bridgehead atoms. The van der Waals surface area contributed by atoms with E-state index in [1.54, 1.807) is 12.4 Å². The fourth-order valence-electron chi connectivity index (χ4n) is 5.17. The second-order valence-electron chi connectivity index (χ2n) is 9.56. The zero-order valence-electron chi connectivity index (χ0n) is 21.4. The summed E-state index contributed by atoms with van der Waals surface area (Å²) in [6, 6.07) is 14.3. The highest BCUT2D eigenvalue weighted by atomic mass is 35.5. The van der Waals surface area contributed by atoms with Gasteiger partial charge in [0.2, 0.25) is 5.91 Å². The number of hydrogen-bond donors (Lipinski definition) is 1. The maximum Gasteiger partial charge on any atom is 0.242 e. The second-order valence-corrected chi connectivity index (χ2v) is 10.4. The van der Waals surface area contributed by atoms with Gasteiger partial charge in [0, 0.05) is 69.1 Å². The van der Waals surface area contributed by atoms with Crippen LogP contribution in [0.4, 0.5) is 17.2 Å². The summed E-state index contributed by atoms with van der Waals surface area (Å²) < 4.78 is 7.47. The normalized spacial score (nSPS) is 16.1. The molecule has 1 aromatic carbocycles. The van der Waals surface area contributed by atoms with Crippen molar-refractivity contribution in [1.29, 1.82) is 0 Å². The third kappa shape index (κ3) is 5.34. The van der Waals surface area contributed by atoms with Crippen molar-refractivity contribution >= 4 is 51.9 Å². The van der Waals surface area contributed by atoms with Crippen LogP contribution in [-0.4, -0.2) is 84.2 Å². The Balaban J connectivity index is 1.15. The average Bonchev–Trinajstić information content (AvgIpc) is 3.35. The number of nitrogens with zero attached hydrogens (tertiary/aromatic N) is 6. The second kappa shape index (κ2) is 11.3. The van der Waals surface area contributed by atoms with E-state index in [4.69, 9.17) is 32.9 Å². The van der Waals surface area contributed by atoms with Gasteiger partial charge in [0.1, 0.15) is 17.2 Å². The molecule has 6 rings (SSSR count). The number of carbonyl (C=O) groups is 1. The molecule has 1 amide bonds. The van der Waals surface area contributed by atoms with Crippen LogP contribution in [0.2, 0.25) is 10.0 Å². The summed E-state index contributed by atoms with van der Waals surface area (Å²) in [5, 5.41) is 4.42. The summed E-state index contributed by atoms with van der Waals surface area (Å²) in [4.78, 5) is 28.4. The van der Waals surface area contributed by atoms with Crippen molar-refractivity contribution in [2.24, 2.45) is 0 Å². The number of rotatable bonds is 6. The Bertz CT molecular complexity index is 1440. The van der Waals surface area contributed by atoms with Crippen LogP contribution in [0.25, 0.3) is 16.9 Å². The van der Waals surface area contributed by atoms with Crippen molar-refractivity contribution in [3.63, 3.8) is 0 Å². The Kier molecular flexibility index (Phi) is 7.45. The molecular weight excluding hydrogens is 537 g/mol. The minimum absolute atomic E-state index is 0.0288. The molecule has 3 aromatic heterocycles. The number of carbonyl (C=O) groups excluding carboxylic acids is 1. The van der Waals surface area contributed by atoms with E-state index >= 15 is 0 Å². The van der Waals surface area contributed by atoms with Gasteiger partial charge in [0.25, 0.3) is 0 Å². The first-order valence-electron chi connectivity index (χ1n) is 13.0. The fraction of sp³-hybridized carbons (Fsp3) is 0.321. The molecule has 2 saturated heterocycles. The highest BCUT2D eigenvalue weighted by Gasteiger charge is 2.25. The number of imidazole rings is 1. The molecule has 5 heterocycles. The van der Waals surface area contributed by atoms with Gasteiger partial charge in [-0.1, -0.05) is 41.4 Å². The topological polar surface area (TPSA) is 78.2 Å². The van der Waals surface area contributed by atoms with Gasteiger partial charge >= 0.3 is 0 Å². The number of fused-ring (bicyclic) bond motifs is 1.